The van der Waals surface area contributed by atoms with Crippen LogP contribution in [0.1, 0.15) is 32.5 Å². The minimum absolute atomic E-state index is 0.223. The van der Waals surface area contributed by atoms with Crippen LogP contribution < -0.4 is 10.5 Å². The zero-order valence-electron chi connectivity index (χ0n) is 13.9. The van der Waals surface area contributed by atoms with Gasteiger partial charge < -0.3 is 10.5 Å². The van der Waals surface area contributed by atoms with E-state index in [4.69, 9.17) is 15.5 Å². The first-order valence-electron chi connectivity index (χ1n) is 7.75. The van der Waals surface area contributed by atoms with Crippen molar-refractivity contribution in [2.45, 2.75) is 33.7 Å². The summed E-state index contributed by atoms with van der Waals surface area (Å²) in [5.41, 5.74) is 11.2. The molecule has 0 atom stereocenters. The van der Waals surface area contributed by atoms with Gasteiger partial charge in [0, 0.05) is 17.8 Å². The second-order valence-corrected chi connectivity index (χ2v) is 5.72. The summed E-state index contributed by atoms with van der Waals surface area (Å²) in [6.07, 6.45) is 3.43. The molecule has 120 valence electrons. The fourth-order valence-corrected chi connectivity index (χ4v) is 2.68. The third kappa shape index (κ3) is 2.60. The molecular formula is C17H21N5O. The molecule has 0 aliphatic rings. The number of pyridine rings is 2. The number of hydrogen-bond acceptors (Lipinski definition) is 5. The lowest BCUT2D eigenvalue weighted by Gasteiger charge is -2.12. The molecule has 0 aliphatic carbocycles. The summed E-state index contributed by atoms with van der Waals surface area (Å²) in [7, 11) is 0. The van der Waals surface area contributed by atoms with E-state index < -0.39 is 0 Å². The van der Waals surface area contributed by atoms with Crippen LogP contribution in [0.2, 0.25) is 0 Å². The Bertz CT molecular complexity index is 854. The minimum Gasteiger partial charge on any atom is -0.492 e. The summed E-state index contributed by atoms with van der Waals surface area (Å²) in [6.45, 7) is 8.62. The van der Waals surface area contributed by atoms with Crippen molar-refractivity contribution in [1.82, 2.24) is 19.7 Å². The summed E-state index contributed by atoms with van der Waals surface area (Å²) < 4.78 is 7.58. The quantitative estimate of drug-likeness (QED) is 0.799. The van der Waals surface area contributed by atoms with E-state index in [0.29, 0.717) is 18.0 Å². The van der Waals surface area contributed by atoms with Crippen molar-refractivity contribution in [2.24, 2.45) is 0 Å². The highest BCUT2D eigenvalue weighted by atomic mass is 16.5. The zero-order valence-corrected chi connectivity index (χ0v) is 13.9. The second-order valence-electron chi connectivity index (χ2n) is 5.72. The number of ether oxygens (including phenoxy) is 1. The molecule has 0 fully saturated rings. The molecule has 0 bridgehead atoms. The first-order chi connectivity index (χ1) is 11.0. The van der Waals surface area contributed by atoms with Crippen molar-refractivity contribution in [3.63, 3.8) is 0 Å². The van der Waals surface area contributed by atoms with E-state index in [1.165, 1.54) is 0 Å². The van der Waals surface area contributed by atoms with Gasteiger partial charge in [0.15, 0.2) is 0 Å². The lowest BCUT2D eigenvalue weighted by Crippen LogP contribution is -2.05. The van der Waals surface area contributed by atoms with Crippen LogP contribution in [0.5, 0.6) is 5.75 Å². The smallest absolute Gasteiger partial charge is 0.146 e. The number of hydrogen-bond donors (Lipinski definition) is 1. The third-order valence-electron chi connectivity index (χ3n) is 3.70. The van der Waals surface area contributed by atoms with E-state index in [-0.39, 0.29) is 6.04 Å². The summed E-state index contributed by atoms with van der Waals surface area (Å²) in [5.74, 6) is 0.704. The summed E-state index contributed by atoms with van der Waals surface area (Å²) in [6, 6.07) is 3.99. The molecule has 6 nitrogen and oxygen atoms in total. The van der Waals surface area contributed by atoms with Crippen molar-refractivity contribution < 1.29 is 4.74 Å². The van der Waals surface area contributed by atoms with E-state index >= 15 is 0 Å². The molecular weight excluding hydrogens is 290 g/mol. The van der Waals surface area contributed by atoms with Gasteiger partial charge in [-0.15, -0.1) is 0 Å². The second kappa shape index (κ2) is 5.87. The van der Waals surface area contributed by atoms with Gasteiger partial charge in [-0.25, -0.2) is 4.98 Å². The van der Waals surface area contributed by atoms with Crippen LogP contribution in [-0.4, -0.2) is 26.4 Å². The van der Waals surface area contributed by atoms with Gasteiger partial charge in [-0.1, -0.05) is 0 Å². The van der Waals surface area contributed by atoms with Gasteiger partial charge in [-0.3, -0.25) is 9.67 Å². The van der Waals surface area contributed by atoms with Crippen LogP contribution in [0.15, 0.2) is 24.5 Å². The molecule has 0 aliphatic heterocycles. The Morgan fingerprint density at radius 1 is 1.35 bits per heavy atom. The number of aryl methyl sites for hydroxylation is 1. The number of fused-ring (bicyclic) bond motifs is 1. The van der Waals surface area contributed by atoms with Crippen LogP contribution in [-0.2, 0) is 0 Å². The first-order valence-corrected chi connectivity index (χ1v) is 7.75. The summed E-state index contributed by atoms with van der Waals surface area (Å²) in [5, 5.41) is 4.57. The van der Waals surface area contributed by atoms with Gasteiger partial charge in [0.1, 0.15) is 16.8 Å². The Morgan fingerprint density at radius 2 is 2.13 bits per heavy atom. The van der Waals surface area contributed by atoms with Crippen LogP contribution in [0, 0.1) is 6.92 Å². The molecule has 0 amide bonds. The molecule has 3 aromatic heterocycles. The SMILES string of the molecule is CCOc1cnccc1-c1cc(N)c2c(n1)c(C)nn2C(C)C. The molecule has 0 spiro atoms. The van der Waals surface area contributed by atoms with Gasteiger partial charge in [-0.2, -0.15) is 5.10 Å². The Hall–Kier alpha value is -2.63. The Balaban J connectivity index is 2.24. The molecule has 0 unspecified atom stereocenters. The lowest BCUT2D eigenvalue weighted by atomic mass is 10.1. The highest BCUT2D eigenvalue weighted by Crippen LogP contribution is 2.33. The predicted molar refractivity (Wildman–Crippen MR) is 91.5 cm³/mol. The van der Waals surface area contributed by atoms with Crippen molar-refractivity contribution in [3.8, 4) is 17.0 Å². The molecule has 0 aromatic carbocycles. The number of nitrogen functional groups attached to an aromatic ring is 1. The fraction of sp³-hybridized carbons (Fsp3) is 0.353. The van der Waals surface area contributed by atoms with Gasteiger partial charge in [0.2, 0.25) is 0 Å². The predicted octanol–water partition coefficient (Wildman–Crippen LogP) is 3.36. The van der Waals surface area contributed by atoms with E-state index in [1.807, 2.05) is 30.7 Å². The third-order valence-corrected chi connectivity index (χ3v) is 3.70. The van der Waals surface area contributed by atoms with Crippen LogP contribution in [0.25, 0.3) is 22.3 Å². The van der Waals surface area contributed by atoms with Gasteiger partial charge >= 0.3 is 0 Å². The monoisotopic (exact) mass is 311 g/mol. The Labute approximate surface area is 135 Å². The summed E-state index contributed by atoms with van der Waals surface area (Å²) in [4.78, 5) is 8.90. The highest BCUT2D eigenvalue weighted by molar-refractivity contribution is 5.92. The number of aromatic nitrogens is 4. The van der Waals surface area contributed by atoms with E-state index in [2.05, 4.69) is 23.9 Å². The van der Waals surface area contributed by atoms with Crippen molar-refractivity contribution in [2.75, 3.05) is 12.3 Å². The summed E-state index contributed by atoms with van der Waals surface area (Å²) >= 11 is 0. The van der Waals surface area contributed by atoms with Gasteiger partial charge in [0.05, 0.1) is 29.9 Å². The average molecular weight is 311 g/mol. The van der Waals surface area contributed by atoms with E-state index in [9.17, 15) is 0 Å². The molecule has 0 radical (unpaired) electrons. The minimum atomic E-state index is 0.223. The van der Waals surface area contributed by atoms with Crippen molar-refractivity contribution in [3.05, 3.63) is 30.2 Å². The maximum absolute atomic E-state index is 6.31. The standard InChI is InChI=1S/C17H21N5O/c1-5-23-15-9-19-7-6-12(15)14-8-13(18)17-16(20-14)11(4)21-22(17)10(2)3/h6-10H,5H2,1-4H3,(H2,18,20). The maximum Gasteiger partial charge on any atom is 0.146 e. The maximum atomic E-state index is 6.31. The molecule has 3 heterocycles. The number of nitrogens with two attached hydrogens (primary N) is 1. The van der Waals surface area contributed by atoms with Gasteiger partial charge in [-0.05, 0) is 39.8 Å². The zero-order chi connectivity index (χ0) is 16.6. The van der Waals surface area contributed by atoms with Gasteiger partial charge in [0.25, 0.3) is 0 Å². The first kappa shape index (κ1) is 15.3. The van der Waals surface area contributed by atoms with Crippen molar-refractivity contribution in [1.29, 1.82) is 0 Å². The van der Waals surface area contributed by atoms with E-state index in [0.717, 1.165) is 28.0 Å². The molecule has 6 heteroatoms. The van der Waals surface area contributed by atoms with E-state index in [1.54, 1.807) is 12.4 Å². The largest absolute Gasteiger partial charge is 0.492 e. The molecule has 0 saturated heterocycles. The number of rotatable bonds is 4. The van der Waals surface area contributed by atoms with Crippen LogP contribution in [0.3, 0.4) is 0 Å². The topological polar surface area (TPSA) is 78.8 Å². The molecule has 3 aromatic rings. The lowest BCUT2D eigenvalue weighted by molar-refractivity contribution is 0.340. The molecule has 23 heavy (non-hydrogen) atoms. The highest BCUT2D eigenvalue weighted by Gasteiger charge is 2.17. The van der Waals surface area contributed by atoms with Crippen molar-refractivity contribution >= 4 is 16.7 Å². The van der Waals surface area contributed by atoms with Crippen LogP contribution >= 0.6 is 0 Å². The molecule has 0 saturated carbocycles. The van der Waals surface area contributed by atoms with Crippen LogP contribution in [0.4, 0.5) is 5.69 Å². The fourth-order valence-electron chi connectivity index (χ4n) is 2.68. The number of anilines is 1. The molecule has 2 N–H and O–H groups in total. The normalized spacial score (nSPS) is 11.3. The Kier molecular flexibility index (Phi) is 3.90. The Morgan fingerprint density at radius 3 is 2.83 bits per heavy atom. The molecule has 3 rings (SSSR count). The number of nitrogens with zero attached hydrogens (tertiary/aromatic N) is 4. The average Bonchev–Trinajstić information content (AvgIpc) is 2.86.